The highest BCUT2D eigenvalue weighted by Crippen LogP contribution is 2.50. The maximum Gasteiger partial charge on any atom is 0.306 e. The van der Waals surface area contributed by atoms with E-state index in [-0.39, 0.29) is 40.8 Å². The van der Waals surface area contributed by atoms with Crippen molar-refractivity contribution in [2.45, 2.75) is 62.9 Å². The third-order valence-corrected chi connectivity index (χ3v) is 9.16. The molecular weight excluding hydrogens is 615 g/mol. The monoisotopic (exact) mass is 649 g/mol. The predicted molar refractivity (Wildman–Crippen MR) is 171 cm³/mol. The zero-order chi connectivity index (χ0) is 32.8. The number of halogens is 3. The molecule has 1 atom stereocenters. The maximum atomic E-state index is 15.3. The molecule has 6 rings (SSSR count). The van der Waals surface area contributed by atoms with Crippen LogP contribution in [-0.2, 0) is 21.4 Å². The molecule has 0 spiro atoms. The lowest BCUT2D eigenvalue weighted by Crippen LogP contribution is -2.44. The molecule has 0 saturated heterocycles. The van der Waals surface area contributed by atoms with E-state index >= 15 is 8.78 Å². The lowest BCUT2D eigenvalue weighted by atomic mass is 9.69. The number of aromatic nitrogens is 3. The van der Waals surface area contributed by atoms with Crippen LogP contribution in [0.2, 0.25) is 0 Å². The quantitative estimate of drug-likeness (QED) is 0.123. The summed E-state index contributed by atoms with van der Waals surface area (Å²) >= 11 is 1.22. The fraction of sp³-hybridized carbons (Fsp3) is 0.314. The summed E-state index contributed by atoms with van der Waals surface area (Å²) in [6.45, 7) is 8.19. The van der Waals surface area contributed by atoms with E-state index in [4.69, 9.17) is 14.2 Å². The number of aromatic amines is 2. The first-order chi connectivity index (χ1) is 22.0. The van der Waals surface area contributed by atoms with E-state index in [9.17, 15) is 9.18 Å². The molecule has 3 heterocycles. The van der Waals surface area contributed by atoms with Crippen molar-refractivity contribution in [1.29, 1.82) is 0 Å². The van der Waals surface area contributed by atoms with E-state index in [2.05, 4.69) is 21.9 Å². The normalized spacial score (nSPS) is 17.0. The Morgan fingerprint density at radius 2 is 1.91 bits per heavy atom. The molecule has 5 aromatic rings. The number of carbonyl (C=O) groups excluding carboxylic acids is 1. The summed E-state index contributed by atoms with van der Waals surface area (Å²) in [5.41, 5.74) is 1.54. The molecule has 7 nitrogen and oxygen atoms in total. The standard InChI is InChI=1S/C35H34F3N3O4S/c1-6-43-26(42)13-10-19-8-7-9-23-30(19)45-34(2,3)18-35(23,4)25-17-40-33(41-25)22-16-20(11-12-24(22)36)44-31-28(38)27(37)29-21(14-15-39-29)32(31)46-5/h7-9,11-12,14-17,39H,6,10,13,18H2,1-5H3,(H,40,41). The van der Waals surface area contributed by atoms with Gasteiger partial charge in [-0.15, -0.1) is 11.8 Å². The molecule has 11 heteroatoms. The Bertz CT molecular complexity index is 1950. The van der Waals surface area contributed by atoms with Crippen LogP contribution in [0.1, 0.15) is 57.4 Å². The summed E-state index contributed by atoms with van der Waals surface area (Å²) in [6, 6.07) is 11.5. The maximum absolute atomic E-state index is 15.3. The highest BCUT2D eigenvalue weighted by molar-refractivity contribution is 7.99. The minimum atomic E-state index is -1.14. The van der Waals surface area contributed by atoms with Gasteiger partial charge < -0.3 is 24.2 Å². The molecular formula is C35H34F3N3O4S. The summed E-state index contributed by atoms with van der Waals surface area (Å²) in [4.78, 5) is 23.1. The number of esters is 1. The number of para-hydroxylation sites is 1. The number of fused-ring (bicyclic) bond motifs is 2. The van der Waals surface area contributed by atoms with Crippen LogP contribution in [0.25, 0.3) is 22.3 Å². The molecule has 2 aromatic heterocycles. The largest absolute Gasteiger partial charge is 0.487 e. The van der Waals surface area contributed by atoms with Gasteiger partial charge in [0, 0.05) is 47.3 Å². The number of hydrogen-bond donors (Lipinski definition) is 2. The number of aryl methyl sites for hydroxylation is 1. The average Bonchev–Trinajstić information content (AvgIpc) is 3.71. The van der Waals surface area contributed by atoms with Gasteiger partial charge in [-0.1, -0.05) is 18.2 Å². The molecule has 240 valence electrons. The molecule has 1 aliphatic heterocycles. The number of thioether (sulfide) groups is 1. The van der Waals surface area contributed by atoms with E-state index < -0.39 is 28.5 Å². The van der Waals surface area contributed by atoms with Crippen LogP contribution in [0.15, 0.2) is 59.8 Å². The minimum Gasteiger partial charge on any atom is -0.487 e. The Balaban J connectivity index is 1.35. The molecule has 1 unspecified atom stereocenters. The average molecular weight is 650 g/mol. The van der Waals surface area contributed by atoms with Crippen LogP contribution in [0.4, 0.5) is 13.2 Å². The van der Waals surface area contributed by atoms with E-state index in [0.29, 0.717) is 35.5 Å². The molecule has 0 saturated carbocycles. The number of nitrogens with one attached hydrogen (secondary N) is 2. The number of imidazole rings is 1. The fourth-order valence-electron chi connectivity index (χ4n) is 6.38. The predicted octanol–water partition coefficient (Wildman–Crippen LogP) is 8.85. The molecule has 0 amide bonds. The summed E-state index contributed by atoms with van der Waals surface area (Å²) in [7, 11) is 0. The van der Waals surface area contributed by atoms with Gasteiger partial charge in [0.1, 0.15) is 28.7 Å². The van der Waals surface area contributed by atoms with Crippen molar-refractivity contribution in [2.75, 3.05) is 12.9 Å². The highest BCUT2D eigenvalue weighted by Gasteiger charge is 2.45. The van der Waals surface area contributed by atoms with E-state index in [1.165, 1.54) is 36.2 Å². The van der Waals surface area contributed by atoms with E-state index in [1.807, 2.05) is 32.0 Å². The lowest BCUT2D eigenvalue weighted by molar-refractivity contribution is -0.143. The Hall–Kier alpha value is -4.38. The van der Waals surface area contributed by atoms with Gasteiger partial charge in [-0.05, 0) is 70.2 Å². The Morgan fingerprint density at radius 3 is 2.67 bits per heavy atom. The fourth-order valence-corrected chi connectivity index (χ4v) is 7.08. The number of H-pyrrole nitrogens is 2. The second-order valence-corrected chi connectivity index (χ2v) is 12.9. The first-order valence-electron chi connectivity index (χ1n) is 15.0. The third-order valence-electron chi connectivity index (χ3n) is 8.35. The molecule has 0 radical (unpaired) electrons. The Labute approximate surface area is 268 Å². The Morgan fingerprint density at radius 1 is 1.11 bits per heavy atom. The van der Waals surface area contributed by atoms with Gasteiger partial charge in [0.15, 0.2) is 11.6 Å². The van der Waals surface area contributed by atoms with Crippen LogP contribution in [0, 0.1) is 17.5 Å². The van der Waals surface area contributed by atoms with Gasteiger partial charge in [-0.3, -0.25) is 4.79 Å². The second kappa shape index (κ2) is 12.1. The van der Waals surface area contributed by atoms with Crippen LogP contribution < -0.4 is 9.47 Å². The topological polar surface area (TPSA) is 89.2 Å². The number of rotatable bonds is 9. The van der Waals surface area contributed by atoms with Crippen molar-refractivity contribution in [3.05, 3.63) is 89.1 Å². The van der Waals surface area contributed by atoms with Crippen LogP contribution in [0.3, 0.4) is 0 Å². The van der Waals surface area contributed by atoms with Gasteiger partial charge in [-0.2, -0.15) is 4.39 Å². The second-order valence-electron chi connectivity index (χ2n) is 12.1. The summed E-state index contributed by atoms with van der Waals surface area (Å²) in [6.07, 6.45) is 6.23. The van der Waals surface area contributed by atoms with Gasteiger partial charge in [0.25, 0.3) is 0 Å². The van der Waals surface area contributed by atoms with Crippen molar-refractivity contribution >= 4 is 28.6 Å². The van der Waals surface area contributed by atoms with Crippen LogP contribution >= 0.6 is 11.8 Å². The smallest absolute Gasteiger partial charge is 0.306 e. The summed E-state index contributed by atoms with van der Waals surface area (Å²) < 4.78 is 62.8. The summed E-state index contributed by atoms with van der Waals surface area (Å²) in [5.74, 6) is -2.22. The molecule has 3 aromatic carbocycles. The lowest BCUT2D eigenvalue weighted by Gasteiger charge is -2.44. The molecule has 0 aliphatic carbocycles. The van der Waals surface area contributed by atoms with Gasteiger partial charge >= 0.3 is 5.97 Å². The van der Waals surface area contributed by atoms with Crippen molar-refractivity contribution in [1.82, 2.24) is 15.0 Å². The van der Waals surface area contributed by atoms with Crippen molar-refractivity contribution in [2.24, 2.45) is 0 Å². The third kappa shape index (κ3) is 5.61. The number of ether oxygens (including phenoxy) is 3. The van der Waals surface area contributed by atoms with Gasteiger partial charge in [0.2, 0.25) is 5.82 Å². The highest BCUT2D eigenvalue weighted by atomic mass is 32.2. The zero-order valence-electron chi connectivity index (χ0n) is 26.1. The van der Waals surface area contributed by atoms with Gasteiger partial charge in [0.05, 0.1) is 22.6 Å². The molecule has 2 N–H and O–H groups in total. The van der Waals surface area contributed by atoms with E-state index in [0.717, 1.165) is 16.8 Å². The van der Waals surface area contributed by atoms with Gasteiger partial charge in [-0.25, -0.2) is 13.8 Å². The Kier molecular flexibility index (Phi) is 8.30. The van der Waals surface area contributed by atoms with Crippen LogP contribution in [0.5, 0.6) is 17.2 Å². The molecule has 46 heavy (non-hydrogen) atoms. The van der Waals surface area contributed by atoms with Crippen molar-refractivity contribution in [3.8, 4) is 28.6 Å². The minimum absolute atomic E-state index is 0.0505. The first-order valence-corrected chi connectivity index (χ1v) is 16.2. The number of carbonyl (C=O) groups is 1. The number of nitrogens with zero attached hydrogens (tertiary/aromatic N) is 1. The van der Waals surface area contributed by atoms with Crippen LogP contribution in [-0.4, -0.2) is 39.4 Å². The molecule has 0 bridgehead atoms. The van der Waals surface area contributed by atoms with Crippen molar-refractivity contribution < 1.29 is 32.2 Å². The van der Waals surface area contributed by atoms with Crippen molar-refractivity contribution in [3.63, 3.8) is 0 Å². The summed E-state index contributed by atoms with van der Waals surface area (Å²) in [5, 5.41) is 0.483. The van der Waals surface area contributed by atoms with E-state index in [1.54, 1.807) is 25.4 Å². The first kappa shape index (κ1) is 31.6. The SMILES string of the molecule is CCOC(=O)CCc1cccc2c1OC(C)(C)CC2(C)c1cnc(-c2cc(Oc3c(F)c(F)c4[nH]ccc4c3SC)ccc2F)[nH]1. The number of hydrogen-bond acceptors (Lipinski definition) is 6. The molecule has 1 aliphatic rings. The zero-order valence-corrected chi connectivity index (χ0v) is 27.0. The number of benzene rings is 3. The molecule has 0 fully saturated rings.